The van der Waals surface area contributed by atoms with E-state index in [1.165, 1.54) is 17.0 Å². The molecule has 0 aliphatic carbocycles. The summed E-state index contributed by atoms with van der Waals surface area (Å²) in [4.78, 5) is 28.1. The second-order valence-corrected chi connectivity index (χ2v) is 6.36. The first-order chi connectivity index (χ1) is 12.5. The summed E-state index contributed by atoms with van der Waals surface area (Å²) in [6.07, 6.45) is 6.82. The van der Waals surface area contributed by atoms with Crippen molar-refractivity contribution in [1.29, 1.82) is 0 Å². The molecule has 1 aromatic rings. The molecule has 5 nitrogen and oxygen atoms in total. The van der Waals surface area contributed by atoms with Gasteiger partial charge in [-0.3, -0.25) is 14.5 Å². The van der Waals surface area contributed by atoms with E-state index in [2.05, 4.69) is 17.8 Å². The van der Waals surface area contributed by atoms with Crippen molar-refractivity contribution in [3.63, 3.8) is 0 Å². The van der Waals surface area contributed by atoms with E-state index in [0.29, 0.717) is 30.2 Å². The monoisotopic (exact) mass is 377 g/mol. The molecule has 1 atom stereocenters. The van der Waals surface area contributed by atoms with Gasteiger partial charge < -0.3 is 10.2 Å². The molecule has 0 spiro atoms. The molecule has 0 saturated carbocycles. The van der Waals surface area contributed by atoms with Gasteiger partial charge in [0.2, 0.25) is 11.8 Å². The molecule has 0 radical (unpaired) electrons. The molecule has 2 amide bonds. The van der Waals surface area contributed by atoms with Crippen LogP contribution in [0.2, 0.25) is 5.02 Å². The van der Waals surface area contributed by atoms with Crippen molar-refractivity contribution in [2.45, 2.75) is 19.0 Å². The average molecular weight is 378 g/mol. The van der Waals surface area contributed by atoms with E-state index in [4.69, 9.17) is 18.0 Å². The third-order valence-electron chi connectivity index (χ3n) is 4.22. The van der Waals surface area contributed by atoms with E-state index in [1.807, 2.05) is 0 Å². The zero-order valence-electron chi connectivity index (χ0n) is 14.4. The largest absolute Gasteiger partial charge is 0.353 e. The Morgan fingerprint density at radius 2 is 2.35 bits per heavy atom. The SMILES string of the molecule is C#CCN(CC=C)C(=O)CC1C(=O)NCCN1Cc1c(F)cccc1Cl. The number of carbonyl (C=O) groups excluding carboxylic acids is 2. The maximum atomic E-state index is 14.1. The molecule has 1 aliphatic rings. The van der Waals surface area contributed by atoms with Crippen molar-refractivity contribution in [2.24, 2.45) is 0 Å². The molecule has 1 saturated heterocycles. The molecule has 1 unspecified atom stereocenters. The third kappa shape index (κ3) is 4.84. The number of piperazine rings is 1. The number of nitrogens with zero attached hydrogens (tertiary/aromatic N) is 2. The first-order valence-electron chi connectivity index (χ1n) is 8.24. The van der Waals surface area contributed by atoms with Crippen LogP contribution < -0.4 is 5.32 Å². The second-order valence-electron chi connectivity index (χ2n) is 5.95. The van der Waals surface area contributed by atoms with E-state index in [9.17, 15) is 14.0 Å². The van der Waals surface area contributed by atoms with Gasteiger partial charge in [-0.1, -0.05) is 29.7 Å². The summed E-state index contributed by atoms with van der Waals surface area (Å²) in [6, 6.07) is 3.74. The summed E-state index contributed by atoms with van der Waals surface area (Å²) in [5.74, 6) is 1.47. The van der Waals surface area contributed by atoms with E-state index < -0.39 is 11.9 Å². The number of amides is 2. The van der Waals surface area contributed by atoms with Crippen LogP contribution in [0.25, 0.3) is 0 Å². The highest BCUT2D eigenvalue weighted by Crippen LogP contribution is 2.23. The van der Waals surface area contributed by atoms with E-state index >= 15 is 0 Å². The lowest BCUT2D eigenvalue weighted by molar-refractivity contribution is -0.138. The standard InChI is InChI=1S/C19H21ClFN3O2/c1-3-9-23(10-4-2)18(25)12-17-19(26)22-8-11-24(17)13-14-15(20)6-5-7-16(14)21/h1,4-7,17H,2,8-13H2,(H,22,26). The number of carbonyl (C=O) groups is 2. The Bertz CT molecular complexity index is 712. The van der Waals surface area contributed by atoms with Crippen LogP contribution in [0.5, 0.6) is 0 Å². The van der Waals surface area contributed by atoms with Crippen molar-refractivity contribution >= 4 is 23.4 Å². The van der Waals surface area contributed by atoms with Gasteiger partial charge in [0.25, 0.3) is 0 Å². The summed E-state index contributed by atoms with van der Waals surface area (Å²) in [5.41, 5.74) is 0.313. The average Bonchev–Trinajstić information content (AvgIpc) is 2.60. The van der Waals surface area contributed by atoms with Crippen molar-refractivity contribution in [2.75, 3.05) is 26.2 Å². The first-order valence-corrected chi connectivity index (χ1v) is 8.62. The molecule has 1 aliphatic heterocycles. The molecule has 26 heavy (non-hydrogen) atoms. The van der Waals surface area contributed by atoms with Crippen LogP contribution in [0.3, 0.4) is 0 Å². The topological polar surface area (TPSA) is 52.7 Å². The number of hydrogen-bond donors (Lipinski definition) is 1. The van der Waals surface area contributed by atoms with E-state index in [-0.39, 0.29) is 31.3 Å². The normalized spacial score (nSPS) is 17.3. The van der Waals surface area contributed by atoms with Crippen LogP contribution in [-0.2, 0) is 16.1 Å². The van der Waals surface area contributed by atoms with Crippen molar-refractivity contribution in [3.05, 3.63) is 47.3 Å². The molecule has 1 fully saturated rings. The van der Waals surface area contributed by atoms with Crippen LogP contribution in [0.15, 0.2) is 30.9 Å². The first kappa shape index (κ1) is 20.0. The minimum Gasteiger partial charge on any atom is -0.353 e. The van der Waals surface area contributed by atoms with Gasteiger partial charge in [-0.15, -0.1) is 13.0 Å². The fourth-order valence-corrected chi connectivity index (χ4v) is 3.10. The number of halogens is 2. The van der Waals surface area contributed by atoms with Crippen molar-refractivity contribution < 1.29 is 14.0 Å². The molecule has 0 aromatic heterocycles. The Morgan fingerprint density at radius 3 is 3.00 bits per heavy atom. The van der Waals surface area contributed by atoms with Gasteiger partial charge >= 0.3 is 0 Å². The number of terminal acetylenes is 1. The van der Waals surface area contributed by atoms with Gasteiger partial charge in [-0.2, -0.15) is 0 Å². The van der Waals surface area contributed by atoms with Gasteiger partial charge in [-0.05, 0) is 12.1 Å². The lowest BCUT2D eigenvalue weighted by atomic mass is 10.1. The Labute approximate surface area is 157 Å². The maximum Gasteiger partial charge on any atom is 0.237 e. The summed E-state index contributed by atoms with van der Waals surface area (Å²) in [5, 5.41) is 3.04. The Kier molecular flexibility index (Phi) is 7.19. The Morgan fingerprint density at radius 1 is 1.58 bits per heavy atom. The molecular weight excluding hydrogens is 357 g/mol. The number of benzene rings is 1. The maximum absolute atomic E-state index is 14.1. The lowest BCUT2D eigenvalue weighted by Gasteiger charge is -2.35. The fraction of sp³-hybridized carbons (Fsp3) is 0.368. The summed E-state index contributed by atoms with van der Waals surface area (Å²) < 4.78 is 14.1. The van der Waals surface area contributed by atoms with Crippen LogP contribution in [0.4, 0.5) is 4.39 Å². The van der Waals surface area contributed by atoms with E-state index in [1.54, 1.807) is 17.0 Å². The minimum atomic E-state index is -0.711. The third-order valence-corrected chi connectivity index (χ3v) is 4.57. The number of nitrogens with one attached hydrogen (secondary N) is 1. The minimum absolute atomic E-state index is 0.0482. The number of hydrogen-bond acceptors (Lipinski definition) is 3. The lowest BCUT2D eigenvalue weighted by Crippen LogP contribution is -2.56. The van der Waals surface area contributed by atoms with Gasteiger partial charge in [0.05, 0.1) is 19.0 Å². The van der Waals surface area contributed by atoms with Crippen LogP contribution in [0, 0.1) is 18.2 Å². The van der Waals surface area contributed by atoms with Gasteiger partial charge in [0, 0.05) is 36.8 Å². The molecule has 7 heteroatoms. The second kappa shape index (κ2) is 9.37. The van der Waals surface area contributed by atoms with E-state index in [0.717, 1.165) is 0 Å². The van der Waals surface area contributed by atoms with Crippen LogP contribution in [0.1, 0.15) is 12.0 Å². The molecule has 138 valence electrons. The quantitative estimate of drug-likeness (QED) is 0.582. The highest BCUT2D eigenvalue weighted by atomic mass is 35.5. The van der Waals surface area contributed by atoms with Gasteiger partial charge in [0.1, 0.15) is 5.82 Å². The summed E-state index contributed by atoms with van der Waals surface area (Å²) in [7, 11) is 0. The number of rotatable bonds is 7. The molecular formula is C19H21ClFN3O2. The van der Waals surface area contributed by atoms with Crippen molar-refractivity contribution in [3.8, 4) is 12.3 Å². The zero-order valence-corrected chi connectivity index (χ0v) is 15.1. The fourth-order valence-electron chi connectivity index (χ4n) is 2.87. The van der Waals surface area contributed by atoms with Crippen LogP contribution >= 0.6 is 11.6 Å². The van der Waals surface area contributed by atoms with Crippen molar-refractivity contribution in [1.82, 2.24) is 15.1 Å². The molecule has 0 bridgehead atoms. The van der Waals surface area contributed by atoms with Gasteiger partial charge in [0.15, 0.2) is 0 Å². The smallest absolute Gasteiger partial charge is 0.237 e. The summed E-state index contributed by atoms with van der Waals surface area (Å²) in [6.45, 7) is 5.11. The van der Waals surface area contributed by atoms with Gasteiger partial charge in [-0.25, -0.2) is 4.39 Å². The molecule has 1 heterocycles. The summed E-state index contributed by atoms with van der Waals surface area (Å²) >= 11 is 6.10. The zero-order chi connectivity index (χ0) is 19.1. The predicted octanol–water partition coefficient (Wildman–Crippen LogP) is 1.82. The Balaban J connectivity index is 2.17. The highest BCUT2D eigenvalue weighted by Gasteiger charge is 2.33. The molecule has 2 rings (SSSR count). The van der Waals surface area contributed by atoms with Crippen LogP contribution in [-0.4, -0.2) is 53.8 Å². The molecule has 1 N–H and O–H groups in total. The molecule has 1 aromatic carbocycles. The Hall–Kier alpha value is -2.36. The predicted molar refractivity (Wildman–Crippen MR) is 98.8 cm³/mol. The highest BCUT2D eigenvalue weighted by molar-refractivity contribution is 6.31.